The number of aryl methyl sites for hydroxylation is 2. The van der Waals surface area contributed by atoms with E-state index in [9.17, 15) is 9.59 Å². The summed E-state index contributed by atoms with van der Waals surface area (Å²) in [5.41, 5.74) is 2.80. The maximum atomic E-state index is 12.8. The number of carbonyl (C=O) groups excluding carboxylic acids is 2. The second kappa shape index (κ2) is 7.80. The Morgan fingerprint density at radius 1 is 1.31 bits per heavy atom. The normalized spacial score (nSPS) is 17.5. The second-order valence-electron chi connectivity index (χ2n) is 6.58. The lowest BCUT2D eigenvalue weighted by atomic mass is 10.00. The van der Waals surface area contributed by atoms with Gasteiger partial charge in [-0.25, -0.2) is 14.3 Å². The van der Waals surface area contributed by atoms with Crippen LogP contribution in [0, 0.1) is 13.8 Å². The summed E-state index contributed by atoms with van der Waals surface area (Å²) in [5.74, 6) is 0.257. The van der Waals surface area contributed by atoms with Crippen molar-refractivity contribution in [2.24, 2.45) is 0 Å². The predicted molar refractivity (Wildman–Crippen MR) is 94.6 cm³/mol. The van der Waals surface area contributed by atoms with Gasteiger partial charge in [-0.1, -0.05) is 0 Å². The number of nitrogens with zero attached hydrogens (tertiary/aromatic N) is 5. The maximum Gasteiger partial charge on any atom is 0.328 e. The number of likely N-dealkylation sites (tertiary alicyclic amines) is 1. The van der Waals surface area contributed by atoms with Gasteiger partial charge >= 0.3 is 5.97 Å². The van der Waals surface area contributed by atoms with Crippen LogP contribution in [0.1, 0.15) is 49.6 Å². The highest BCUT2D eigenvalue weighted by atomic mass is 16.5. The number of hydrogen-bond acceptors (Lipinski definition) is 6. The van der Waals surface area contributed by atoms with Crippen molar-refractivity contribution in [1.82, 2.24) is 24.5 Å². The summed E-state index contributed by atoms with van der Waals surface area (Å²) in [7, 11) is 0. The minimum absolute atomic E-state index is 0.0137. The monoisotopic (exact) mass is 359 g/mol. The summed E-state index contributed by atoms with van der Waals surface area (Å²) in [4.78, 5) is 35.2. The molecule has 1 amide bonds. The summed E-state index contributed by atoms with van der Waals surface area (Å²) in [6.07, 6.45) is 4.91. The molecule has 1 fully saturated rings. The molecule has 140 valence electrons. The van der Waals surface area contributed by atoms with Gasteiger partial charge in [-0.15, -0.1) is 0 Å². The summed E-state index contributed by atoms with van der Waals surface area (Å²) in [5, 5.41) is 4.18. The lowest BCUT2D eigenvalue weighted by Gasteiger charge is -2.34. The number of piperidine rings is 1. The molecule has 8 heteroatoms. The average Bonchev–Trinajstić information content (AvgIpc) is 3.10. The van der Waals surface area contributed by atoms with Crippen LogP contribution in [-0.4, -0.2) is 55.6 Å². The summed E-state index contributed by atoms with van der Waals surface area (Å²) in [6, 6.07) is -0.450. The molecule has 2 aromatic heterocycles. The largest absolute Gasteiger partial charge is 0.464 e. The molecule has 2 aromatic rings. The van der Waals surface area contributed by atoms with Gasteiger partial charge in [-0.2, -0.15) is 10.1 Å². The lowest BCUT2D eigenvalue weighted by molar-refractivity contribution is -0.156. The van der Waals surface area contributed by atoms with Crippen molar-refractivity contribution in [3.05, 3.63) is 23.3 Å². The van der Waals surface area contributed by atoms with Crippen LogP contribution >= 0.6 is 0 Å². The first-order chi connectivity index (χ1) is 12.5. The molecule has 8 nitrogen and oxygen atoms in total. The Morgan fingerprint density at radius 2 is 2.12 bits per heavy atom. The molecule has 26 heavy (non-hydrogen) atoms. The van der Waals surface area contributed by atoms with Crippen molar-refractivity contribution >= 4 is 17.7 Å². The molecule has 1 unspecified atom stereocenters. The Morgan fingerprint density at radius 3 is 2.88 bits per heavy atom. The Balaban J connectivity index is 1.72. The molecule has 1 aliphatic rings. The molecule has 0 aliphatic carbocycles. The van der Waals surface area contributed by atoms with Crippen LogP contribution < -0.4 is 0 Å². The third kappa shape index (κ3) is 3.54. The molecule has 0 spiro atoms. The van der Waals surface area contributed by atoms with Gasteiger partial charge in [0.15, 0.2) is 0 Å². The van der Waals surface area contributed by atoms with E-state index in [4.69, 9.17) is 4.74 Å². The van der Waals surface area contributed by atoms with Crippen molar-refractivity contribution in [2.45, 2.75) is 58.9 Å². The van der Waals surface area contributed by atoms with E-state index >= 15 is 0 Å². The van der Waals surface area contributed by atoms with E-state index in [-0.39, 0.29) is 11.9 Å². The van der Waals surface area contributed by atoms with E-state index in [1.54, 1.807) is 16.3 Å². The molecular weight excluding hydrogens is 334 g/mol. The maximum absolute atomic E-state index is 12.8. The summed E-state index contributed by atoms with van der Waals surface area (Å²) >= 11 is 0. The quantitative estimate of drug-likeness (QED) is 0.754. The molecule has 1 saturated heterocycles. The number of hydrogen-bond donors (Lipinski definition) is 0. The first-order valence-electron chi connectivity index (χ1n) is 9.14. The molecule has 0 aromatic carbocycles. The molecule has 3 heterocycles. The average molecular weight is 359 g/mol. The zero-order valence-corrected chi connectivity index (χ0v) is 15.6. The number of rotatable bonds is 5. The molecule has 1 aliphatic heterocycles. The van der Waals surface area contributed by atoms with Gasteiger partial charge < -0.3 is 9.64 Å². The molecule has 0 bridgehead atoms. The molecule has 0 radical (unpaired) electrons. The fraction of sp³-hybridized carbons (Fsp3) is 0.611. The topological polar surface area (TPSA) is 89.7 Å². The van der Waals surface area contributed by atoms with Gasteiger partial charge in [0.2, 0.25) is 5.91 Å². The van der Waals surface area contributed by atoms with E-state index in [2.05, 4.69) is 15.1 Å². The molecular formula is C18H25N5O3. The number of esters is 1. The minimum atomic E-state index is -0.450. The van der Waals surface area contributed by atoms with E-state index < -0.39 is 6.04 Å². The van der Waals surface area contributed by atoms with Crippen LogP contribution in [0.25, 0.3) is 5.78 Å². The Bertz CT molecular complexity index is 817. The Kier molecular flexibility index (Phi) is 5.49. The first kappa shape index (κ1) is 18.3. The third-order valence-corrected chi connectivity index (χ3v) is 4.96. The van der Waals surface area contributed by atoms with Crippen LogP contribution in [0.5, 0.6) is 0 Å². The van der Waals surface area contributed by atoms with E-state index in [1.165, 1.54) is 6.33 Å². The van der Waals surface area contributed by atoms with Gasteiger partial charge in [-0.3, -0.25) is 4.79 Å². The predicted octanol–water partition coefficient (Wildman–Crippen LogP) is 1.62. The number of aromatic nitrogens is 4. The van der Waals surface area contributed by atoms with Gasteiger partial charge in [-0.05, 0) is 52.0 Å². The molecule has 0 saturated carbocycles. The summed E-state index contributed by atoms with van der Waals surface area (Å²) in [6.45, 7) is 6.61. The fourth-order valence-corrected chi connectivity index (χ4v) is 3.61. The zero-order valence-electron chi connectivity index (χ0n) is 15.6. The highest BCUT2D eigenvalue weighted by Crippen LogP contribution is 2.21. The van der Waals surface area contributed by atoms with Crippen LogP contribution in [0.2, 0.25) is 0 Å². The SMILES string of the molecule is CCOC(=O)C1CCCCN1C(=O)CCc1c(C)nc2ncnn2c1C. The van der Waals surface area contributed by atoms with Crippen LogP contribution in [-0.2, 0) is 20.7 Å². The van der Waals surface area contributed by atoms with Crippen molar-refractivity contribution in [3.63, 3.8) is 0 Å². The van der Waals surface area contributed by atoms with Gasteiger partial charge in [0, 0.05) is 24.4 Å². The second-order valence-corrected chi connectivity index (χ2v) is 6.58. The number of carbonyl (C=O) groups is 2. The molecule has 0 N–H and O–H groups in total. The van der Waals surface area contributed by atoms with E-state index in [1.807, 2.05) is 13.8 Å². The van der Waals surface area contributed by atoms with Gasteiger partial charge in [0.05, 0.1) is 6.61 Å². The molecule has 3 rings (SSSR count). The van der Waals surface area contributed by atoms with Crippen molar-refractivity contribution < 1.29 is 14.3 Å². The van der Waals surface area contributed by atoms with Gasteiger partial charge in [0.1, 0.15) is 12.4 Å². The smallest absolute Gasteiger partial charge is 0.328 e. The number of fused-ring (bicyclic) bond motifs is 1. The van der Waals surface area contributed by atoms with Crippen LogP contribution in [0.3, 0.4) is 0 Å². The molecule has 1 atom stereocenters. The van der Waals surface area contributed by atoms with Crippen molar-refractivity contribution in [1.29, 1.82) is 0 Å². The third-order valence-electron chi connectivity index (χ3n) is 4.96. The Labute approximate surface area is 152 Å². The lowest BCUT2D eigenvalue weighted by Crippen LogP contribution is -2.48. The van der Waals surface area contributed by atoms with Crippen molar-refractivity contribution in [3.8, 4) is 0 Å². The highest BCUT2D eigenvalue weighted by molar-refractivity contribution is 5.85. The van der Waals surface area contributed by atoms with Crippen molar-refractivity contribution in [2.75, 3.05) is 13.2 Å². The first-order valence-corrected chi connectivity index (χ1v) is 9.14. The number of ether oxygens (including phenoxy) is 1. The highest BCUT2D eigenvalue weighted by Gasteiger charge is 2.32. The fourth-order valence-electron chi connectivity index (χ4n) is 3.61. The van der Waals surface area contributed by atoms with Gasteiger partial charge in [0.25, 0.3) is 5.78 Å². The standard InChI is InChI=1S/C18H25N5O3/c1-4-26-17(25)15-7-5-6-10-22(15)16(24)9-8-14-12(2)21-18-19-11-20-23(18)13(14)3/h11,15H,4-10H2,1-3H3. The Hall–Kier alpha value is -2.51. The van der Waals surface area contributed by atoms with E-state index in [0.29, 0.717) is 38.2 Å². The van der Waals surface area contributed by atoms with E-state index in [0.717, 1.165) is 29.8 Å². The van der Waals surface area contributed by atoms with Crippen LogP contribution in [0.4, 0.5) is 0 Å². The zero-order chi connectivity index (χ0) is 18.7. The number of amides is 1. The summed E-state index contributed by atoms with van der Waals surface area (Å²) < 4.78 is 6.83. The minimum Gasteiger partial charge on any atom is -0.464 e. The van der Waals surface area contributed by atoms with Crippen LogP contribution in [0.15, 0.2) is 6.33 Å².